The molecule has 4 rings (SSSR count). The van der Waals surface area contributed by atoms with E-state index in [0.717, 1.165) is 17.0 Å². The standard InChI is InChI=1S/C20H16N2O/c1-3-8-15(9-4-1)17-12-7-13-18(21-17)20-22-19(14-23-20)16-10-5-2-6-11-16/h1-13,19H,14H2/t19-/m0/s1. The van der Waals surface area contributed by atoms with E-state index in [9.17, 15) is 0 Å². The van der Waals surface area contributed by atoms with Crippen LogP contribution in [-0.4, -0.2) is 17.5 Å². The van der Waals surface area contributed by atoms with Crippen LogP contribution in [0.1, 0.15) is 17.3 Å². The predicted molar refractivity (Wildman–Crippen MR) is 91.3 cm³/mol. The van der Waals surface area contributed by atoms with E-state index in [1.807, 2.05) is 54.6 Å². The quantitative estimate of drug-likeness (QED) is 0.724. The van der Waals surface area contributed by atoms with E-state index in [1.54, 1.807) is 0 Å². The minimum Gasteiger partial charge on any atom is -0.474 e. The van der Waals surface area contributed by atoms with Gasteiger partial charge in [-0.15, -0.1) is 0 Å². The molecule has 3 aromatic rings. The van der Waals surface area contributed by atoms with Crippen LogP contribution in [0.5, 0.6) is 0 Å². The summed E-state index contributed by atoms with van der Waals surface area (Å²) in [5.74, 6) is 0.622. The molecule has 0 bridgehead atoms. The Balaban J connectivity index is 1.64. The fraction of sp³-hybridized carbons (Fsp3) is 0.100. The third-order valence-electron chi connectivity index (χ3n) is 3.87. The van der Waals surface area contributed by atoms with Gasteiger partial charge in [0.15, 0.2) is 0 Å². The average molecular weight is 300 g/mol. The summed E-state index contributed by atoms with van der Waals surface area (Å²) < 4.78 is 5.78. The molecule has 0 N–H and O–H groups in total. The molecule has 3 heteroatoms. The van der Waals surface area contributed by atoms with Crippen LogP contribution in [0, 0.1) is 0 Å². The molecule has 0 aliphatic carbocycles. The number of benzene rings is 2. The highest BCUT2D eigenvalue weighted by molar-refractivity contribution is 5.93. The van der Waals surface area contributed by atoms with Crippen LogP contribution in [0.15, 0.2) is 83.9 Å². The van der Waals surface area contributed by atoms with E-state index in [0.29, 0.717) is 12.5 Å². The highest BCUT2D eigenvalue weighted by Crippen LogP contribution is 2.25. The zero-order chi connectivity index (χ0) is 15.5. The van der Waals surface area contributed by atoms with Gasteiger partial charge in [0.05, 0.1) is 5.69 Å². The van der Waals surface area contributed by atoms with E-state index < -0.39 is 0 Å². The largest absolute Gasteiger partial charge is 0.474 e. The smallest absolute Gasteiger partial charge is 0.236 e. The van der Waals surface area contributed by atoms with Gasteiger partial charge in [-0.2, -0.15) is 0 Å². The molecular formula is C20H16N2O. The number of ether oxygens (including phenoxy) is 1. The van der Waals surface area contributed by atoms with E-state index in [2.05, 4.69) is 24.3 Å². The first-order valence-corrected chi connectivity index (χ1v) is 7.68. The van der Waals surface area contributed by atoms with Gasteiger partial charge in [-0.05, 0) is 17.7 Å². The second-order valence-electron chi connectivity index (χ2n) is 5.45. The Morgan fingerprint density at radius 3 is 2.22 bits per heavy atom. The van der Waals surface area contributed by atoms with Crippen LogP contribution >= 0.6 is 0 Å². The molecule has 3 nitrogen and oxygen atoms in total. The summed E-state index contributed by atoms with van der Waals surface area (Å²) in [5, 5.41) is 0. The molecule has 1 atom stereocenters. The van der Waals surface area contributed by atoms with Crippen molar-refractivity contribution in [1.82, 2.24) is 4.98 Å². The van der Waals surface area contributed by atoms with Crippen LogP contribution < -0.4 is 0 Å². The number of rotatable bonds is 3. The Labute approximate surface area is 135 Å². The van der Waals surface area contributed by atoms with Crippen molar-refractivity contribution in [2.45, 2.75) is 6.04 Å². The Bertz CT molecular complexity index is 829. The fourth-order valence-electron chi connectivity index (χ4n) is 2.68. The SMILES string of the molecule is c1ccc(-c2cccc(C3=N[C@H](c4ccccc4)CO3)n2)cc1. The maximum atomic E-state index is 5.78. The molecule has 112 valence electrons. The van der Waals surface area contributed by atoms with E-state index in [4.69, 9.17) is 14.7 Å². The Morgan fingerprint density at radius 1 is 0.739 bits per heavy atom. The summed E-state index contributed by atoms with van der Waals surface area (Å²) in [7, 11) is 0. The second kappa shape index (κ2) is 6.05. The molecular weight excluding hydrogens is 284 g/mol. The normalized spacial score (nSPS) is 16.7. The molecule has 1 aliphatic heterocycles. The lowest BCUT2D eigenvalue weighted by Gasteiger charge is -2.04. The lowest BCUT2D eigenvalue weighted by Crippen LogP contribution is -2.04. The molecule has 0 unspecified atom stereocenters. The number of aliphatic imine (C=N–C) groups is 1. The molecule has 2 aromatic carbocycles. The topological polar surface area (TPSA) is 34.5 Å². The molecule has 0 spiro atoms. The highest BCUT2D eigenvalue weighted by Gasteiger charge is 2.22. The Morgan fingerprint density at radius 2 is 1.43 bits per heavy atom. The summed E-state index contributed by atoms with van der Waals surface area (Å²) in [6.45, 7) is 0.566. The molecule has 1 aromatic heterocycles. The van der Waals surface area contributed by atoms with Gasteiger partial charge < -0.3 is 4.74 Å². The van der Waals surface area contributed by atoms with Crippen molar-refractivity contribution in [3.63, 3.8) is 0 Å². The molecule has 23 heavy (non-hydrogen) atoms. The first-order chi connectivity index (χ1) is 11.4. The van der Waals surface area contributed by atoms with Gasteiger partial charge in [-0.3, -0.25) is 0 Å². The summed E-state index contributed by atoms with van der Waals surface area (Å²) in [4.78, 5) is 9.39. The summed E-state index contributed by atoms with van der Waals surface area (Å²) in [6, 6.07) is 26.3. The van der Waals surface area contributed by atoms with Gasteiger partial charge >= 0.3 is 0 Å². The van der Waals surface area contributed by atoms with Crippen LogP contribution in [0.25, 0.3) is 11.3 Å². The first kappa shape index (κ1) is 13.7. The second-order valence-corrected chi connectivity index (χ2v) is 5.45. The first-order valence-electron chi connectivity index (χ1n) is 7.68. The van der Waals surface area contributed by atoms with Crippen LogP contribution in [0.2, 0.25) is 0 Å². The predicted octanol–water partition coefficient (Wildman–Crippen LogP) is 4.27. The Kier molecular flexibility index (Phi) is 3.60. The number of nitrogens with zero attached hydrogens (tertiary/aromatic N) is 2. The lowest BCUT2D eigenvalue weighted by atomic mass is 10.1. The van der Waals surface area contributed by atoms with Gasteiger partial charge in [0.2, 0.25) is 5.90 Å². The molecule has 0 fully saturated rings. The summed E-state index contributed by atoms with van der Waals surface area (Å²) in [6.07, 6.45) is 0. The van der Waals surface area contributed by atoms with Crippen molar-refractivity contribution in [1.29, 1.82) is 0 Å². The van der Waals surface area contributed by atoms with Gasteiger partial charge in [0, 0.05) is 5.56 Å². The minimum absolute atomic E-state index is 0.0494. The summed E-state index contributed by atoms with van der Waals surface area (Å²) in [5.41, 5.74) is 3.97. The third kappa shape index (κ3) is 2.86. The van der Waals surface area contributed by atoms with Crippen molar-refractivity contribution in [3.05, 3.63) is 90.1 Å². The van der Waals surface area contributed by atoms with Gasteiger partial charge in [0.1, 0.15) is 18.3 Å². The maximum Gasteiger partial charge on any atom is 0.236 e. The highest BCUT2D eigenvalue weighted by atomic mass is 16.5. The van der Waals surface area contributed by atoms with Crippen molar-refractivity contribution < 1.29 is 4.74 Å². The van der Waals surface area contributed by atoms with Crippen LogP contribution in [-0.2, 0) is 4.74 Å². The third-order valence-corrected chi connectivity index (χ3v) is 3.87. The van der Waals surface area contributed by atoms with Gasteiger partial charge in [-0.1, -0.05) is 66.7 Å². The monoisotopic (exact) mass is 300 g/mol. The van der Waals surface area contributed by atoms with Crippen molar-refractivity contribution >= 4 is 5.90 Å². The maximum absolute atomic E-state index is 5.78. The van der Waals surface area contributed by atoms with E-state index in [1.165, 1.54) is 5.56 Å². The van der Waals surface area contributed by atoms with E-state index in [-0.39, 0.29) is 6.04 Å². The van der Waals surface area contributed by atoms with Crippen molar-refractivity contribution in [2.24, 2.45) is 4.99 Å². The van der Waals surface area contributed by atoms with Crippen LogP contribution in [0.4, 0.5) is 0 Å². The van der Waals surface area contributed by atoms with Gasteiger partial charge in [0.25, 0.3) is 0 Å². The van der Waals surface area contributed by atoms with Crippen molar-refractivity contribution in [3.8, 4) is 11.3 Å². The van der Waals surface area contributed by atoms with Crippen LogP contribution in [0.3, 0.4) is 0 Å². The Hall–Kier alpha value is -2.94. The van der Waals surface area contributed by atoms with Gasteiger partial charge in [-0.25, -0.2) is 9.98 Å². The van der Waals surface area contributed by atoms with Crippen molar-refractivity contribution in [2.75, 3.05) is 6.61 Å². The summed E-state index contributed by atoms with van der Waals surface area (Å²) >= 11 is 0. The number of hydrogen-bond acceptors (Lipinski definition) is 3. The average Bonchev–Trinajstić information content (AvgIpc) is 3.14. The zero-order valence-electron chi connectivity index (χ0n) is 12.6. The lowest BCUT2D eigenvalue weighted by molar-refractivity contribution is 0.319. The fourth-order valence-corrected chi connectivity index (χ4v) is 2.68. The molecule has 0 radical (unpaired) electrons. The molecule has 2 heterocycles. The molecule has 0 saturated carbocycles. The minimum atomic E-state index is 0.0494. The molecule has 0 saturated heterocycles. The number of pyridine rings is 1. The number of aromatic nitrogens is 1. The number of hydrogen-bond donors (Lipinski definition) is 0. The zero-order valence-corrected chi connectivity index (χ0v) is 12.6. The molecule has 1 aliphatic rings. The van der Waals surface area contributed by atoms with E-state index >= 15 is 0 Å². The molecule has 0 amide bonds.